The molecule has 1 saturated heterocycles. The number of rotatable bonds is 5. The molecule has 0 saturated carbocycles. The lowest BCUT2D eigenvalue weighted by Gasteiger charge is -2.26. The topological polar surface area (TPSA) is 93.1 Å². The van der Waals surface area contributed by atoms with E-state index in [0.29, 0.717) is 5.69 Å². The Balaban J connectivity index is 1.81. The van der Waals surface area contributed by atoms with Gasteiger partial charge in [-0.05, 0) is 42.2 Å². The van der Waals surface area contributed by atoms with E-state index in [1.807, 2.05) is 13.8 Å². The molecule has 7 nitrogen and oxygen atoms in total. The summed E-state index contributed by atoms with van der Waals surface area (Å²) in [5.41, 5.74) is 0.706. The molecule has 1 fully saturated rings. The fourth-order valence-corrected chi connectivity index (χ4v) is 4.00. The van der Waals surface area contributed by atoms with E-state index in [1.165, 1.54) is 6.07 Å². The van der Waals surface area contributed by atoms with Gasteiger partial charge in [-0.1, -0.05) is 44.2 Å². The average molecular weight is 482 g/mol. The first-order valence-corrected chi connectivity index (χ1v) is 10.8. The molecule has 2 unspecified atom stereocenters. The average Bonchev–Trinajstić information content (AvgIpc) is 3.09. The van der Waals surface area contributed by atoms with Gasteiger partial charge in [-0.3, -0.25) is 24.3 Å². The van der Waals surface area contributed by atoms with Crippen LogP contribution in [0.2, 0.25) is 0 Å². The quantitative estimate of drug-likeness (QED) is 0.303. The van der Waals surface area contributed by atoms with Crippen molar-refractivity contribution >= 4 is 23.3 Å². The van der Waals surface area contributed by atoms with E-state index in [-0.39, 0.29) is 22.9 Å². The van der Waals surface area contributed by atoms with Gasteiger partial charge in [0.2, 0.25) is 5.78 Å². The van der Waals surface area contributed by atoms with Crippen molar-refractivity contribution in [1.82, 2.24) is 15.2 Å². The summed E-state index contributed by atoms with van der Waals surface area (Å²) in [7, 11) is 0. The maximum atomic E-state index is 13.5. The summed E-state index contributed by atoms with van der Waals surface area (Å²) in [6, 6.07) is 10.3. The van der Waals surface area contributed by atoms with Crippen molar-refractivity contribution in [3.63, 3.8) is 0 Å². The van der Waals surface area contributed by atoms with Gasteiger partial charge in [0.05, 0.1) is 11.7 Å². The van der Waals surface area contributed by atoms with Gasteiger partial charge in [-0.25, -0.2) is 0 Å². The van der Waals surface area contributed by atoms with Gasteiger partial charge in [0.15, 0.2) is 11.6 Å². The number of Topliss-reactive ketones (excluding diaryl/α,β-unsaturated/α-hetero) is 2. The standard InChI is InChI=1S/C25H21F3N4O3/c1-13(2)15-5-7-16(8-6-15)22(33)20-21(17-9-10-18(29-12-17)25(26,27)28)32(24(35)23(20)34)19-11-4-14(3)30-31-19/h4-13,20-21H,1-3H3. The first-order valence-electron chi connectivity index (χ1n) is 10.8. The third-order valence-electron chi connectivity index (χ3n) is 5.90. The molecule has 1 aliphatic rings. The zero-order valence-corrected chi connectivity index (χ0v) is 19.1. The van der Waals surface area contributed by atoms with Gasteiger partial charge in [-0.15, -0.1) is 5.10 Å². The predicted octanol–water partition coefficient (Wildman–Crippen LogP) is 4.48. The molecule has 0 bridgehead atoms. The molecule has 3 aromatic rings. The van der Waals surface area contributed by atoms with Crippen LogP contribution >= 0.6 is 0 Å². The normalized spacial score (nSPS) is 18.4. The number of aryl methyl sites for hydroxylation is 1. The lowest BCUT2D eigenvalue weighted by atomic mass is 9.86. The predicted molar refractivity (Wildman–Crippen MR) is 120 cm³/mol. The van der Waals surface area contributed by atoms with Crippen LogP contribution in [-0.2, 0) is 15.8 Å². The van der Waals surface area contributed by atoms with E-state index in [0.717, 1.165) is 28.8 Å². The lowest BCUT2D eigenvalue weighted by molar-refractivity contribution is -0.141. The van der Waals surface area contributed by atoms with E-state index >= 15 is 0 Å². The summed E-state index contributed by atoms with van der Waals surface area (Å²) in [5, 5.41) is 7.87. The van der Waals surface area contributed by atoms with Gasteiger partial charge < -0.3 is 0 Å². The van der Waals surface area contributed by atoms with Gasteiger partial charge >= 0.3 is 6.18 Å². The molecule has 1 amide bonds. The Morgan fingerprint density at radius 3 is 2.17 bits per heavy atom. The summed E-state index contributed by atoms with van der Waals surface area (Å²) < 4.78 is 39.2. The highest BCUT2D eigenvalue weighted by molar-refractivity contribution is 6.48. The van der Waals surface area contributed by atoms with E-state index in [1.54, 1.807) is 37.3 Å². The molecule has 35 heavy (non-hydrogen) atoms. The minimum atomic E-state index is -4.67. The van der Waals surface area contributed by atoms with Crippen molar-refractivity contribution in [2.24, 2.45) is 5.92 Å². The number of pyridine rings is 1. The molecule has 0 spiro atoms. The first kappa shape index (κ1) is 24.2. The number of carbonyl (C=O) groups is 3. The number of nitrogens with zero attached hydrogens (tertiary/aromatic N) is 4. The fourth-order valence-electron chi connectivity index (χ4n) is 4.00. The van der Waals surface area contributed by atoms with Crippen LogP contribution in [0.15, 0.2) is 54.7 Å². The first-order chi connectivity index (χ1) is 16.5. The Morgan fingerprint density at radius 1 is 0.971 bits per heavy atom. The van der Waals surface area contributed by atoms with Crippen LogP contribution in [0.4, 0.5) is 19.0 Å². The van der Waals surface area contributed by atoms with E-state index in [2.05, 4.69) is 15.2 Å². The van der Waals surface area contributed by atoms with Gasteiger partial charge in [0.25, 0.3) is 5.91 Å². The number of anilines is 1. The Kier molecular flexibility index (Phi) is 6.23. The van der Waals surface area contributed by atoms with Gasteiger partial charge in [0, 0.05) is 11.8 Å². The number of aromatic nitrogens is 3. The fraction of sp³-hybridized carbons (Fsp3) is 0.280. The number of benzene rings is 1. The van der Waals surface area contributed by atoms with Crippen molar-refractivity contribution in [2.45, 2.75) is 38.9 Å². The number of hydrogen-bond acceptors (Lipinski definition) is 6. The Hall–Kier alpha value is -3.95. The Labute approximate surface area is 199 Å². The lowest BCUT2D eigenvalue weighted by Crippen LogP contribution is -2.31. The third kappa shape index (κ3) is 4.55. The van der Waals surface area contributed by atoms with Crippen LogP contribution < -0.4 is 4.90 Å². The van der Waals surface area contributed by atoms with E-state index < -0.39 is 41.3 Å². The van der Waals surface area contributed by atoms with Crippen LogP contribution in [0.3, 0.4) is 0 Å². The molecule has 180 valence electrons. The second-order valence-electron chi connectivity index (χ2n) is 8.61. The van der Waals surface area contributed by atoms with Gasteiger partial charge in [0.1, 0.15) is 11.6 Å². The van der Waals surface area contributed by atoms with E-state index in [9.17, 15) is 27.6 Å². The van der Waals surface area contributed by atoms with Crippen LogP contribution in [0.5, 0.6) is 0 Å². The van der Waals surface area contributed by atoms with Crippen molar-refractivity contribution in [3.8, 4) is 0 Å². The van der Waals surface area contributed by atoms with Crippen LogP contribution in [0, 0.1) is 12.8 Å². The number of hydrogen-bond donors (Lipinski definition) is 0. The number of carbonyl (C=O) groups excluding carboxylic acids is 3. The second kappa shape index (κ2) is 9.01. The van der Waals surface area contributed by atoms with Crippen LogP contribution in [-0.4, -0.2) is 32.7 Å². The number of ketones is 2. The van der Waals surface area contributed by atoms with Crippen molar-refractivity contribution in [2.75, 3.05) is 4.90 Å². The summed E-state index contributed by atoms with van der Waals surface area (Å²) in [6.07, 6.45) is -3.74. The molecule has 4 rings (SSSR count). The maximum Gasteiger partial charge on any atom is 0.433 e. The maximum absolute atomic E-state index is 13.5. The third-order valence-corrected chi connectivity index (χ3v) is 5.90. The summed E-state index contributed by atoms with van der Waals surface area (Å²) in [5.74, 6) is -3.86. The zero-order valence-electron chi connectivity index (χ0n) is 19.1. The smallest absolute Gasteiger partial charge is 0.293 e. The highest BCUT2D eigenvalue weighted by Gasteiger charge is 2.53. The molecule has 3 heterocycles. The van der Waals surface area contributed by atoms with Crippen LogP contribution in [0.25, 0.3) is 0 Å². The number of amides is 1. The molecule has 0 aliphatic carbocycles. The molecule has 1 aromatic carbocycles. The molecule has 10 heteroatoms. The van der Waals surface area contributed by atoms with Gasteiger partial charge in [-0.2, -0.15) is 18.3 Å². The van der Waals surface area contributed by atoms with Crippen molar-refractivity contribution in [3.05, 3.63) is 82.8 Å². The Morgan fingerprint density at radius 2 is 1.66 bits per heavy atom. The largest absolute Gasteiger partial charge is 0.433 e. The monoisotopic (exact) mass is 482 g/mol. The SMILES string of the molecule is Cc1ccc(N2C(=O)C(=O)C(C(=O)c3ccc(C(C)C)cc3)C2c2ccc(C(F)(F)F)nc2)nn1. The minimum absolute atomic E-state index is 0.00398. The van der Waals surface area contributed by atoms with Crippen LogP contribution in [0.1, 0.15) is 58.7 Å². The number of alkyl halides is 3. The molecule has 2 atom stereocenters. The highest BCUT2D eigenvalue weighted by Crippen LogP contribution is 2.41. The van der Waals surface area contributed by atoms with Crippen molar-refractivity contribution in [1.29, 1.82) is 0 Å². The second-order valence-corrected chi connectivity index (χ2v) is 8.61. The van der Waals surface area contributed by atoms with E-state index in [4.69, 9.17) is 0 Å². The molecular weight excluding hydrogens is 461 g/mol. The molecule has 0 N–H and O–H groups in total. The molecule has 2 aromatic heterocycles. The highest BCUT2D eigenvalue weighted by atomic mass is 19.4. The summed E-state index contributed by atoms with van der Waals surface area (Å²) >= 11 is 0. The Bertz CT molecular complexity index is 1270. The van der Waals surface area contributed by atoms with Crippen molar-refractivity contribution < 1.29 is 27.6 Å². The summed E-state index contributed by atoms with van der Waals surface area (Å²) in [4.78, 5) is 44.1. The molecule has 1 aliphatic heterocycles. The summed E-state index contributed by atoms with van der Waals surface area (Å²) in [6.45, 7) is 5.66. The molecular formula is C25H21F3N4O3. The zero-order chi connectivity index (χ0) is 25.5. The minimum Gasteiger partial charge on any atom is -0.293 e. The number of halogens is 3. The molecule has 0 radical (unpaired) electrons.